The van der Waals surface area contributed by atoms with E-state index in [1.54, 1.807) is 39.2 Å². The first-order chi connectivity index (χ1) is 14.3. The predicted octanol–water partition coefficient (Wildman–Crippen LogP) is 6.60. The highest BCUT2D eigenvalue weighted by atomic mass is 35.5. The molecule has 0 fully saturated rings. The average molecular weight is 444 g/mol. The van der Waals surface area contributed by atoms with Crippen molar-refractivity contribution in [3.63, 3.8) is 0 Å². The van der Waals surface area contributed by atoms with E-state index in [1.807, 2.05) is 36.4 Å². The van der Waals surface area contributed by atoms with Crippen LogP contribution >= 0.6 is 23.2 Å². The second-order valence-corrected chi connectivity index (χ2v) is 8.19. The van der Waals surface area contributed by atoms with Gasteiger partial charge in [-0.1, -0.05) is 59.6 Å². The maximum atomic E-state index is 12.8. The van der Waals surface area contributed by atoms with E-state index in [-0.39, 0.29) is 5.91 Å². The largest absolute Gasteiger partial charge is 0.476 e. The number of amides is 1. The van der Waals surface area contributed by atoms with Crippen LogP contribution in [0.2, 0.25) is 10.0 Å². The highest BCUT2D eigenvalue weighted by Crippen LogP contribution is 2.31. The van der Waals surface area contributed by atoms with Crippen LogP contribution in [0.5, 0.6) is 5.75 Å². The Morgan fingerprint density at radius 1 is 0.933 bits per heavy atom. The molecule has 3 aromatic rings. The molecule has 0 saturated heterocycles. The lowest BCUT2D eigenvalue weighted by atomic mass is 10.0. The van der Waals surface area contributed by atoms with Gasteiger partial charge in [0.1, 0.15) is 5.75 Å². The second-order valence-electron chi connectivity index (χ2n) is 7.35. The summed E-state index contributed by atoms with van der Waals surface area (Å²) in [6.07, 6.45) is 0. The molecule has 0 bridgehead atoms. The number of carbonyl (C=O) groups is 1. The zero-order chi connectivity index (χ0) is 21.7. The van der Waals surface area contributed by atoms with Crippen LogP contribution in [0.3, 0.4) is 0 Å². The highest BCUT2D eigenvalue weighted by Gasteiger charge is 2.30. The average Bonchev–Trinajstić information content (AvgIpc) is 2.71. The Bertz CT molecular complexity index is 1020. The Morgan fingerprint density at radius 3 is 2.10 bits per heavy atom. The van der Waals surface area contributed by atoms with E-state index in [4.69, 9.17) is 32.7 Å². The van der Waals surface area contributed by atoms with Gasteiger partial charge in [0, 0.05) is 17.8 Å². The summed E-state index contributed by atoms with van der Waals surface area (Å²) in [6, 6.07) is 20.7. The summed E-state index contributed by atoms with van der Waals surface area (Å²) >= 11 is 12.1. The van der Waals surface area contributed by atoms with Crippen molar-refractivity contribution in [3.05, 3.63) is 82.3 Å². The minimum atomic E-state index is -1.13. The number of benzene rings is 3. The standard InChI is InChI=1S/C24H23Cl2NO3/c1-24(2,30-22-13-10-19(25)14-21(22)26)23(28)27-20-11-8-18(9-12-20)17-6-4-16(5-7-17)15-29-3/h4-14H,15H2,1-3H3,(H,27,28). The van der Waals surface area contributed by atoms with Crippen LogP contribution in [-0.4, -0.2) is 18.6 Å². The summed E-state index contributed by atoms with van der Waals surface area (Å²) in [5.41, 5.74) is 2.81. The van der Waals surface area contributed by atoms with Crippen LogP contribution < -0.4 is 10.1 Å². The Morgan fingerprint density at radius 2 is 1.53 bits per heavy atom. The Labute approximate surface area is 186 Å². The topological polar surface area (TPSA) is 47.6 Å². The van der Waals surface area contributed by atoms with Crippen LogP contribution in [0.15, 0.2) is 66.7 Å². The Kier molecular flexibility index (Phi) is 7.03. The fourth-order valence-corrected chi connectivity index (χ4v) is 3.31. The number of methoxy groups -OCH3 is 1. The summed E-state index contributed by atoms with van der Waals surface area (Å²) in [4.78, 5) is 12.8. The number of carbonyl (C=O) groups excluding carboxylic acids is 1. The number of anilines is 1. The quantitative estimate of drug-likeness (QED) is 0.447. The van der Waals surface area contributed by atoms with Gasteiger partial charge >= 0.3 is 0 Å². The van der Waals surface area contributed by atoms with Gasteiger partial charge in [0.05, 0.1) is 11.6 Å². The fraction of sp³-hybridized carbons (Fsp3) is 0.208. The molecule has 30 heavy (non-hydrogen) atoms. The molecule has 1 amide bonds. The van der Waals surface area contributed by atoms with Gasteiger partial charge < -0.3 is 14.8 Å². The van der Waals surface area contributed by atoms with Gasteiger partial charge in [-0.15, -0.1) is 0 Å². The summed E-state index contributed by atoms with van der Waals surface area (Å²) in [7, 11) is 1.68. The smallest absolute Gasteiger partial charge is 0.267 e. The van der Waals surface area contributed by atoms with E-state index in [0.29, 0.717) is 28.1 Å². The first kappa shape index (κ1) is 22.2. The van der Waals surface area contributed by atoms with Crippen LogP contribution in [0.1, 0.15) is 19.4 Å². The van der Waals surface area contributed by atoms with Gasteiger partial charge in [-0.05, 0) is 60.9 Å². The van der Waals surface area contributed by atoms with E-state index >= 15 is 0 Å². The summed E-state index contributed by atoms with van der Waals surface area (Å²) in [5.74, 6) is 0.110. The molecule has 1 N–H and O–H groups in total. The normalized spacial score (nSPS) is 11.2. The highest BCUT2D eigenvalue weighted by molar-refractivity contribution is 6.35. The molecule has 0 saturated carbocycles. The molecule has 0 aliphatic heterocycles. The first-order valence-electron chi connectivity index (χ1n) is 9.42. The molecular weight excluding hydrogens is 421 g/mol. The maximum Gasteiger partial charge on any atom is 0.267 e. The molecule has 4 nitrogen and oxygen atoms in total. The second kappa shape index (κ2) is 9.52. The molecule has 3 rings (SSSR count). The molecule has 156 valence electrons. The molecule has 0 unspecified atom stereocenters. The van der Waals surface area contributed by atoms with Crippen molar-refractivity contribution in [2.45, 2.75) is 26.1 Å². The SMILES string of the molecule is COCc1ccc(-c2ccc(NC(=O)C(C)(C)Oc3ccc(Cl)cc3Cl)cc2)cc1. The van der Waals surface area contributed by atoms with Crippen molar-refractivity contribution in [2.24, 2.45) is 0 Å². The molecule has 0 spiro atoms. The molecule has 0 aromatic heterocycles. The van der Waals surface area contributed by atoms with Gasteiger partial charge in [-0.3, -0.25) is 4.79 Å². The van der Waals surface area contributed by atoms with Gasteiger partial charge in [0.15, 0.2) is 5.60 Å². The van der Waals surface area contributed by atoms with E-state index in [2.05, 4.69) is 17.4 Å². The first-order valence-corrected chi connectivity index (χ1v) is 10.2. The molecule has 0 heterocycles. The number of nitrogens with one attached hydrogen (secondary N) is 1. The molecule has 0 aliphatic rings. The van der Waals surface area contributed by atoms with E-state index < -0.39 is 5.60 Å². The van der Waals surface area contributed by atoms with E-state index in [9.17, 15) is 4.79 Å². The fourth-order valence-electron chi connectivity index (χ4n) is 2.87. The third kappa shape index (κ3) is 5.54. The lowest BCUT2D eigenvalue weighted by Gasteiger charge is -2.26. The third-order valence-corrected chi connectivity index (χ3v) is 5.08. The number of ether oxygens (including phenoxy) is 2. The van der Waals surface area contributed by atoms with Crippen molar-refractivity contribution in [1.82, 2.24) is 0 Å². The molecule has 0 aliphatic carbocycles. The van der Waals surface area contributed by atoms with Gasteiger partial charge in [-0.25, -0.2) is 0 Å². The van der Waals surface area contributed by atoms with Crippen LogP contribution in [-0.2, 0) is 16.1 Å². The van der Waals surface area contributed by atoms with Crippen molar-refractivity contribution >= 4 is 34.8 Å². The maximum absolute atomic E-state index is 12.8. The monoisotopic (exact) mass is 443 g/mol. The van der Waals surface area contributed by atoms with Crippen molar-refractivity contribution < 1.29 is 14.3 Å². The van der Waals surface area contributed by atoms with Crippen LogP contribution in [0.4, 0.5) is 5.69 Å². The van der Waals surface area contributed by atoms with Crippen LogP contribution in [0, 0.1) is 0 Å². The lowest BCUT2D eigenvalue weighted by Crippen LogP contribution is -2.42. The van der Waals surface area contributed by atoms with E-state index in [0.717, 1.165) is 16.7 Å². The van der Waals surface area contributed by atoms with Gasteiger partial charge in [0.2, 0.25) is 0 Å². The van der Waals surface area contributed by atoms with E-state index in [1.165, 1.54) is 0 Å². The minimum absolute atomic E-state index is 0.287. The summed E-state index contributed by atoms with van der Waals surface area (Å²) in [6.45, 7) is 3.96. The molecule has 6 heteroatoms. The van der Waals surface area contributed by atoms with Crippen molar-refractivity contribution in [3.8, 4) is 16.9 Å². The third-order valence-electron chi connectivity index (χ3n) is 4.55. The Hall–Kier alpha value is -2.53. The van der Waals surface area contributed by atoms with Gasteiger partial charge in [-0.2, -0.15) is 0 Å². The molecular formula is C24H23Cl2NO3. The Balaban J connectivity index is 1.67. The summed E-state index contributed by atoms with van der Waals surface area (Å²) in [5, 5.41) is 3.74. The van der Waals surface area contributed by atoms with Crippen molar-refractivity contribution in [2.75, 3.05) is 12.4 Å². The predicted molar refractivity (Wildman–Crippen MR) is 122 cm³/mol. The zero-order valence-corrected chi connectivity index (χ0v) is 18.6. The zero-order valence-electron chi connectivity index (χ0n) is 17.0. The molecule has 3 aromatic carbocycles. The molecule has 0 radical (unpaired) electrons. The van der Waals surface area contributed by atoms with Gasteiger partial charge in [0.25, 0.3) is 5.91 Å². The number of hydrogen-bond acceptors (Lipinski definition) is 3. The number of halogens is 2. The lowest BCUT2D eigenvalue weighted by molar-refractivity contribution is -0.128. The molecule has 0 atom stereocenters. The number of hydrogen-bond donors (Lipinski definition) is 1. The number of rotatable bonds is 7. The summed E-state index contributed by atoms with van der Waals surface area (Å²) < 4.78 is 11.0. The van der Waals surface area contributed by atoms with Crippen molar-refractivity contribution in [1.29, 1.82) is 0 Å². The van der Waals surface area contributed by atoms with Crippen LogP contribution in [0.25, 0.3) is 11.1 Å². The minimum Gasteiger partial charge on any atom is -0.476 e.